The van der Waals surface area contributed by atoms with Gasteiger partial charge in [0.15, 0.2) is 0 Å². The summed E-state index contributed by atoms with van der Waals surface area (Å²) in [4.78, 5) is 11.9. The molecule has 0 aromatic heterocycles. The maximum atomic E-state index is 12.1. The van der Waals surface area contributed by atoms with Crippen LogP contribution in [-0.2, 0) is 10.0 Å². The zero-order valence-electron chi connectivity index (χ0n) is 12.6. The fraction of sp³-hybridized carbons (Fsp3) is 0.533. The highest BCUT2D eigenvalue weighted by Crippen LogP contribution is 2.36. The highest BCUT2D eigenvalue weighted by Gasteiger charge is 2.33. The molecule has 1 aliphatic carbocycles. The van der Waals surface area contributed by atoms with E-state index in [2.05, 4.69) is 5.32 Å². The average molecular weight is 326 g/mol. The van der Waals surface area contributed by atoms with Crippen LogP contribution in [0.5, 0.6) is 0 Å². The van der Waals surface area contributed by atoms with E-state index in [1.807, 2.05) is 11.6 Å². The minimum Gasteiger partial charge on any atom is -0.396 e. The van der Waals surface area contributed by atoms with Crippen molar-refractivity contribution in [3.8, 4) is 0 Å². The van der Waals surface area contributed by atoms with Gasteiger partial charge in [-0.15, -0.1) is 0 Å². The number of sulfonamides is 1. The molecule has 1 aromatic rings. The Morgan fingerprint density at radius 1 is 1.23 bits per heavy atom. The van der Waals surface area contributed by atoms with Gasteiger partial charge in [0.2, 0.25) is 0 Å². The number of aryl methyl sites for hydroxylation is 1. The third-order valence-electron chi connectivity index (χ3n) is 4.18. The summed E-state index contributed by atoms with van der Waals surface area (Å²) in [5.74, 6) is 0. The highest BCUT2D eigenvalue weighted by atomic mass is 32.2. The van der Waals surface area contributed by atoms with Gasteiger partial charge >= 0.3 is 6.03 Å². The third-order valence-corrected chi connectivity index (χ3v) is 5.53. The van der Waals surface area contributed by atoms with E-state index in [1.165, 1.54) is 12.1 Å². The van der Waals surface area contributed by atoms with Gasteiger partial charge in [-0.05, 0) is 31.9 Å². The molecule has 0 atom stereocenters. The molecule has 0 heterocycles. The van der Waals surface area contributed by atoms with Gasteiger partial charge in [-0.25, -0.2) is 17.9 Å². The molecule has 3 N–H and O–H groups in total. The minimum absolute atomic E-state index is 0.00199. The largest absolute Gasteiger partial charge is 0.396 e. The fourth-order valence-electron chi connectivity index (χ4n) is 2.72. The Morgan fingerprint density at radius 3 is 2.36 bits per heavy atom. The summed E-state index contributed by atoms with van der Waals surface area (Å²) in [6.45, 7) is 2.13. The van der Waals surface area contributed by atoms with Crippen LogP contribution >= 0.6 is 0 Å². The molecule has 6 nitrogen and oxygen atoms in total. The Bertz CT molecular complexity index is 619. The van der Waals surface area contributed by atoms with E-state index < -0.39 is 16.1 Å². The van der Waals surface area contributed by atoms with E-state index in [1.54, 1.807) is 12.1 Å². The molecule has 1 aliphatic rings. The Balaban J connectivity index is 1.95. The van der Waals surface area contributed by atoms with Crippen LogP contribution in [0.2, 0.25) is 0 Å². The standard InChI is InChI=1S/C15H22N2O4S/c1-12-4-6-13(7-5-12)22(20,21)17-14(19)16-10-15(11-18)8-2-3-9-15/h4-7,18H,2-3,8-11H2,1H3,(H2,16,17,19). The summed E-state index contributed by atoms with van der Waals surface area (Å²) in [5, 5.41) is 12.0. The zero-order chi connectivity index (χ0) is 16.2. The lowest BCUT2D eigenvalue weighted by molar-refractivity contribution is 0.130. The first kappa shape index (κ1) is 16.8. The molecule has 0 unspecified atom stereocenters. The van der Waals surface area contributed by atoms with Gasteiger partial charge in [0.1, 0.15) is 0 Å². The number of carbonyl (C=O) groups is 1. The predicted octanol–water partition coefficient (Wildman–Crippen LogP) is 1.54. The summed E-state index contributed by atoms with van der Waals surface area (Å²) in [5.41, 5.74) is 0.625. The molecule has 2 amide bonds. The minimum atomic E-state index is -3.87. The number of rotatable bonds is 5. The number of carbonyl (C=O) groups excluding carboxylic acids is 1. The maximum absolute atomic E-state index is 12.1. The number of hydrogen-bond acceptors (Lipinski definition) is 4. The quantitative estimate of drug-likeness (QED) is 0.765. The monoisotopic (exact) mass is 326 g/mol. The first-order valence-electron chi connectivity index (χ1n) is 7.35. The second-order valence-electron chi connectivity index (χ2n) is 5.97. The predicted molar refractivity (Wildman–Crippen MR) is 82.9 cm³/mol. The van der Waals surface area contributed by atoms with E-state index >= 15 is 0 Å². The summed E-state index contributed by atoms with van der Waals surface area (Å²) in [6, 6.07) is 5.49. The van der Waals surface area contributed by atoms with Crippen LogP contribution in [-0.4, -0.2) is 32.7 Å². The second kappa shape index (κ2) is 6.66. The van der Waals surface area contributed by atoms with Gasteiger partial charge in [-0.3, -0.25) is 0 Å². The van der Waals surface area contributed by atoms with Gasteiger partial charge in [0, 0.05) is 12.0 Å². The van der Waals surface area contributed by atoms with Crippen LogP contribution in [0, 0.1) is 12.3 Å². The Morgan fingerprint density at radius 2 is 1.82 bits per heavy atom. The van der Waals surface area contributed by atoms with Gasteiger partial charge in [-0.2, -0.15) is 0 Å². The molecule has 0 aliphatic heterocycles. The lowest BCUT2D eigenvalue weighted by Crippen LogP contribution is -2.45. The van der Waals surface area contributed by atoms with E-state index in [9.17, 15) is 18.3 Å². The maximum Gasteiger partial charge on any atom is 0.328 e. The van der Waals surface area contributed by atoms with E-state index in [0.717, 1.165) is 31.2 Å². The van der Waals surface area contributed by atoms with Crippen LogP contribution < -0.4 is 10.0 Å². The topological polar surface area (TPSA) is 95.5 Å². The van der Waals surface area contributed by atoms with Crippen LogP contribution in [0.15, 0.2) is 29.2 Å². The molecule has 0 saturated heterocycles. The molecule has 7 heteroatoms. The average Bonchev–Trinajstić information content (AvgIpc) is 2.95. The van der Waals surface area contributed by atoms with E-state index in [-0.39, 0.29) is 23.5 Å². The van der Waals surface area contributed by atoms with Crippen molar-refractivity contribution in [1.82, 2.24) is 10.0 Å². The molecule has 0 bridgehead atoms. The summed E-state index contributed by atoms with van der Waals surface area (Å²) >= 11 is 0. The molecule has 1 saturated carbocycles. The summed E-state index contributed by atoms with van der Waals surface area (Å²) < 4.78 is 26.2. The second-order valence-corrected chi connectivity index (χ2v) is 7.65. The van der Waals surface area contributed by atoms with Gasteiger partial charge < -0.3 is 10.4 Å². The van der Waals surface area contributed by atoms with Gasteiger partial charge in [-0.1, -0.05) is 30.5 Å². The Hall–Kier alpha value is -1.60. The zero-order valence-corrected chi connectivity index (χ0v) is 13.4. The van der Waals surface area contributed by atoms with Crippen LogP contribution in [0.1, 0.15) is 31.2 Å². The van der Waals surface area contributed by atoms with Gasteiger partial charge in [0.25, 0.3) is 10.0 Å². The van der Waals surface area contributed by atoms with Crippen LogP contribution in [0.3, 0.4) is 0 Å². The lowest BCUT2D eigenvalue weighted by Gasteiger charge is -2.26. The lowest BCUT2D eigenvalue weighted by atomic mass is 9.87. The number of aliphatic hydroxyl groups is 1. The summed E-state index contributed by atoms with van der Waals surface area (Å²) in [7, 11) is -3.87. The first-order valence-corrected chi connectivity index (χ1v) is 8.83. The number of hydrogen-bond donors (Lipinski definition) is 3. The summed E-state index contributed by atoms with van der Waals surface area (Å²) in [6.07, 6.45) is 3.72. The SMILES string of the molecule is Cc1ccc(S(=O)(=O)NC(=O)NCC2(CO)CCCC2)cc1. The smallest absolute Gasteiger partial charge is 0.328 e. The normalized spacial score (nSPS) is 17.2. The fourth-order valence-corrected chi connectivity index (χ4v) is 3.65. The van der Waals surface area contributed by atoms with Crippen molar-refractivity contribution in [1.29, 1.82) is 0 Å². The number of benzene rings is 1. The highest BCUT2D eigenvalue weighted by molar-refractivity contribution is 7.90. The van der Waals surface area contributed by atoms with Gasteiger partial charge in [0.05, 0.1) is 11.5 Å². The van der Waals surface area contributed by atoms with Crippen molar-refractivity contribution < 1.29 is 18.3 Å². The number of urea groups is 1. The van der Waals surface area contributed by atoms with Crippen LogP contribution in [0.25, 0.3) is 0 Å². The first-order chi connectivity index (χ1) is 10.4. The van der Waals surface area contributed by atoms with Crippen molar-refractivity contribution in [2.75, 3.05) is 13.2 Å². The van der Waals surface area contributed by atoms with Crippen molar-refractivity contribution in [2.24, 2.45) is 5.41 Å². The number of nitrogens with one attached hydrogen (secondary N) is 2. The number of aliphatic hydroxyl groups excluding tert-OH is 1. The molecule has 0 spiro atoms. The Labute approximate surface area is 131 Å². The van der Waals surface area contributed by atoms with Crippen molar-refractivity contribution in [2.45, 2.75) is 37.5 Å². The Kier molecular flexibility index (Phi) is 5.08. The molecule has 1 aromatic carbocycles. The molecule has 2 rings (SSSR count). The van der Waals surface area contributed by atoms with E-state index in [0.29, 0.717) is 0 Å². The van der Waals surface area contributed by atoms with Crippen molar-refractivity contribution >= 4 is 16.1 Å². The molecule has 22 heavy (non-hydrogen) atoms. The number of amides is 2. The van der Waals surface area contributed by atoms with Crippen molar-refractivity contribution in [3.63, 3.8) is 0 Å². The van der Waals surface area contributed by atoms with Crippen molar-refractivity contribution in [3.05, 3.63) is 29.8 Å². The molecule has 122 valence electrons. The third kappa shape index (κ3) is 3.98. The molecular weight excluding hydrogens is 304 g/mol. The molecule has 1 fully saturated rings. The van der Waals surface area contributed by atoms with E-state index in [4.69, 9.17) is 0 Å². The molecule has 0 radical (unpaired) electrons. The van der Waals surface area contributed by atoms with Crippen LogP contribution in [0.4, 0.5) is 4.79 Å². The molecular formula is C15H22N2O4S.